The smallest absolute Gasteiger partial charge is 0.282 e. The lowest BCUT2D eigenvalue weighted by Crippen LogP contribution is -2.29. The van der Waals surface area contributed by atoms with E-state index in [2.05, 4.69) is 36.6 Å². The molecule has 4 rings (SSSR count). The van der Waals surface area contributed by atoms with Crippen molar-refractivity contribution in [2.45, 2.75) is 40.0 Å². The van der Waals surface area contributed by atoms with Crippen LogP contribution in [0.4, 0.5) is 0 Å². The van der Waals surface area contributed by atoms with Crippen LogP contribution in [0.2, 0.25) is 0 Å². The Morgan fingerprint density at radius 1 is 1.06 bits per heavy atom. The highest BCUT2D eigenvalue weighted by atomic mass is 79.9. The molecule has 4 aromatic rings. The first-order valence-electron chi connectivity index (χ1n) is 10.0. The molecule has 0 amide bonds. The van der Waals surface area contributed by atoms with Crippen LogP contribution in [0, 0.1) is 13.8 Å². The van der Waals surface area contributed by atoms with Crippen LogP contribution < -0.4 is 5.56 Å². The summed E-state index contributed by atoms with van der Waals surface area (Å²) in [5.41, 5.74) is 4.22. The molecule has 1 aromatic carbocycles. The van der Waals surface area contributed by atoms with Crippen LogP contribution in [-0.4, -0.2) is 25.4 Å². The van der Waals surface area contributed by atoms with Gasteiger partial charge < -0.3 is 4.57 Å². The van der Waals surface area contributed by atoms with Crippen molar-refractivity contribution in [3.63, 3.8) is 0 Å². The molecule has 0 aliphatic heterocycles. The lowest BCUT2D eigenvalue weighted by Gasteiger charge is -2.20. The second-order valence-corrected chi connectivity index (χ2v) is 9.49. The number of benzene rings is 1. The van der Waals surface area contributed by atoms with E-state index in [4.69, 9.17) is 4.98 Å². The molecular formula is C24H24BrN5O. The van der Waals surface area contributed by atoms with Crippen LogP contribution in [0.1, 0.15) is 43.5 Å². The summed E-state index contributed by atoms with van der Waals surface area (Å²) in [6.07, 6.45) is 5.29. The van der Waals surface area contributed by atoms with E-state index in [-0.39, 0.29) is 11.0 Å². The molecule has 31 heavy (non-hydrogen) atoms. The first-order valence-corrected chi connectivity index (χ1v) is 10.8. The van der Waals surface area contributed by atoms with Crippen LogP contribution in [0.3, 0.4) is 0 Å². The van der Waals surface area contributed by atoms with Crippen LogP contribution in [0.25, 0.3) is 16.6 Å². The van der Waals surface area contributed by atoms with E-state index in [1.807, 2.05) is 58.9 Å². The van der Waals surface area contributed by atoms with Crippen LogP contribution in [0.5, 0.6) is 0 Å². The van der Waals surface area contributed by atoms with Crippen molar-refractivity contribution in [3.8, 4) is 5.69 Å². The van der Waals surface area contributed by atoms with Gasteiger partial charge in [0.15, 0.2) is 0 Å². The Morgan fingerprint density at radius 3 is 2.45 bits per heavy atom. The normalized spacial score (nSPS) is 12.2. The minimum Gasteiger partial charge on any atom is -0.318 e. The molecule has 7 heteroatoms. The van der Waals surface area contributed by atoms with Crippen molar-refractivity contribution in [3.05, 3.63) is 86.4 Å². The summed E-state index contributed by atoms with van der Waals surface area (Å²) in [5.74, 6) is 0.617. The Labute approximate surface area is 189 Å². The number of hydrogen-bond acceptors (Lipinski definition) is 4. The quantitative estimate of drug-likeness (QED) is 0.383. The predicted molar refractivity (Wildman–Crippen MR) is 128 cm³/mol. The van der Waals surface area contributed by atoms with Crippen LogP contribution >= 0.6 is 15.9 Å². The Balaban J connectivity index is 1.87. The minimum absolute atomic E-state index is 0.185. The van der Waals surface area contributed by atoms with Gasteiger partial charge in [0.05, 0.1) is 17.1 Å². The number of pyridine rings is 1. The van der Waals surface area contributed by atoms with Gasteiger partial charge in [0.25, 0.3) is 5.56 Å². The molecule has 0 spiro atoms. The zero-order valence-corrected chi connectivity index (χ0v) is 19.8. The lowest BCUT2D eigenvalue weighted by molar-refractivity contribution is 0.506. The van der Waals surface area contributed by atoms with Crippen molar-refractivity contribution < 1.29 is 0 Å². The van der Waals surface area contributed by atoms with Gasteiger partial charge >= 0.3 is 0 Å². The van der Waals surface area contributed by atoms with Crippen LogP contribution in [-0.2, 0) is 5.41 Å². The maximum absolute atomic E-state index is 13.3. The molecule has 0 saturated carbocycles. The summed E-state index contributed by atoms with van der Waals surface area (Å²) in [4.78, 5) is 22.2. The van der Waals surface area contributed by atoms with Gasteiger partial charge in [-0.05, 0) is 50.2 Å². The molecule has 6 nitrogen and oxygen atoms in total. The molecule has 0 aliphatic carbocycles. The van der Waals surface area contributed by atoms with E-state index in [1.54, 1.807) is 24.7 Å². The topological polar surface area (TPSA) is 65.1 Å². The fraction of sp³-hybridized carbons (Fsp3) is 0.250. The Kier molecular flexibility index (Phi) is 5.39. The second-order valence-electron chi connectivity index (χ2n) is 8.58. The van der Waals surface area contributed by atoms with Crippen molar-refractivity contribution in [2.75, 3.05) is 0 Å². The molecule has 0 unspecified atom stereocenters. The third kappa shape index (κ3) is 3.97. The van der Waals surface area contributed by atoms with Gasteiger partial charge in [0, 0.05) is 44.9 Å². The maximum atomic E-state index is 13.3. The Hall–Kier alpha value is -3.06. The fourth-order valence-electron chi connectivity index (χ4n) is 3.67. The predicted octanol–water partition coefficient (Wildman–Crippen LogP) is 5.14. The number of aryl methyl sites for hydroxylation is 1. The van der Waals surface area contributed by atoms with Crippen molar-refractivity contribution in [1.29, 1.82) is 0 Å². The summed E-state index contributed by atoms with van der Waals surface area (Å²) in [5, 5.41) is 5.14. The van der Waals surface area contributed by atoms with E-state index < -0.39 is 0 Å². The van der Waals surface area contributed by atoms with Gasteiger partial charge in [-0.3, -0.25) is 9.78 Å². The zero-order chi connectivity index (χ0) is 22.3. The van der Waals surface area contributed by atoms with Crippen molar-refractivity contribution >= 4 is 33.0 Å². The van der Waals surface area contributed by atoms with Gasteiger partial charge in [0.1, 0.15) is 5.82 Å². The van der Waals surface area contributed by atoms with E-state index >= 15 is 0 Å². The summed E-state index contributed by atoms with van der Waals surface area (Å²) in [6.45, 7) is 10.2. The van der Waals surface area contributed by atoms with Gasteiger partial charge in [-0.1, -0.05) is 36.7 Å². The lowest BCUT2D eigenvalue weighted by atomic mass is 9.95. The molecule has 158 valence electrons. The number of nitrogens with zero attached hydrogens (tertiary/aromatic N) is 5. The third-order valence-electron chi connectivity index (χ3n) is 5.18. The summed E-state index contributed by atoms with van der Waals surface area (Å²) in [6, 6.07) is 11.5. The van der Waals surface area contributed by atoms with E-state index in [1.165, 1.54) is 4.68 Å². The summed E-state index contributed by atoms with van der Waals surface area (Å²) >= 11 is 3.45. The highest BCUT2D eigenvalue weighted by Gasteiger charge is 2.23. The van der Waals surface area contributed by atoms with Gasteiger partial charge in [-0.15, -0.1) is 0 Å². The van der Waals surface area contributed by atoms with E-state index in [0.29, 0.717) is 16.7 Å². The largest absolute Gasteiger partial charge is 0.318 e. The number of fused-ring (bicyclic) bond motifs is 1. The van der Waals surface area contributed by atoms with Crippen molar-refractivity contribution in [2.24, 2.45) is 5.10 Å². The highest BCUT2D eigenvalue weighted by molar-refractivity contribution is 9.10. The molecule has 3 heterocycles. The Bertz CT molecular complexity index is 1360. The fourth-order valence-corrected chi connectivity index (χ4v) is 4.03. The first kappa shape index (κ1) is 21.2. The number of hydrogen-bond donors (Lipinski definition) is 0. The average molecular weight is 478 g/mol. The minimum atomic E-state index is -0.355. The van der Waals surface area contributed by atoms with Crippen LogP contribution in [0.15, 0.2) is 63.2 Å². The molecule has 3 aromatic heterocycles. The summed E-state index contributed by atoms with van der Waals surface area (Å²) in [7, 11) is 0. The monoisotopic (exact) mass is 477 g/mol. The first-order chi connectivity index (χ1) is 14.7. The maximum Gasteiger partial charge on any atom is 0.282 e. The second kappa shape index (κ2) is 7.89. The SMILES string of the molecule is Cc1cc(C=Nn2c(C(C)(C)C)nc3ccc(Br)cc3c2=O)c(C)n1-c1ccncc1. The van der Waals surface area contributed by atoms with E-state index in [0.717, 1.165) is 27.1 Å². The third-order valence-corrected chi connectivity index (χ3v) is 5.68. The van der Waals surface area contributed by atoms with Gasteiger partial charge in [-0.2, -0.15) is 9.78 Å². The van der Waals surface area contributed by atoms with Crippen molar-refractivity contribution in [1.82, 2.24) is 19.2 Å². The highest BCUT2D eigenvalue weighted by Crippen LogP contribution is 2.23. The number of rotatable bonds is 3. The Morgan fingerprint density at radius 2 is 1.77 bits per heavy atom. The molecule has 0 radical (unpaired) electrons. The molecule has 0 bridgehead atoms. The van der Waals surface area contributed by atoms with E-state index in [9.17, 15) is 4.79 Å². The standard InChI is InChI=1S/C24H24BrN5O/c1-15-12-17(16(2)29(15)19-8-10-26-11-9-19)14-27-30-22(31)20-13-18(25)6-7-21(20)28-23(30)24(3,4)5/h6-14H,1-5H3. The molecular weight excluding hydrogens is 454 g/mol. The zero-order valence-electron chi connectivity index (χ0n) is 18.2. The molecule has 0 fully saturated rings. The average Bonchev–Trinajstić information content (AvgIpc) is 3.00. The molecule has 0 saturated heterocycles. The summed E-state index contributed by atoms with van der Waals surface area (Å²) < 4.78 is 4.40. The number of aromatic nitrogens is 4. The number of halogens is 1. The molecule has 0 aliphatic rings. The molecule has 0 N–H and O–H groups in total. The van der Waals surface area contributed by atoms with Gasteiger partial charge in [-0.25, -0.2) is 4.98 Å². The van der Waals surface area contributed by atoms with Gasteiger partial charge in [0.2, 0.25) is 0 Å². The molecule has 0 atom stereocenters.